The molecular weight excluding hydrogens is 234 g/mol. The van der Waals surface area contributed by atoms with Gasteiger partial charge >= 0.3 is 0 Å². The highest BCUT2D eigenvalue weighted by molar-refractivity contribution is 5.85. The monoisotopic (exact) mass is 251 g/mol. The summed E-state index contributed by atoms with van der Waals surface area (Å²) >= 11 is 0. The Labute approximate surface area is 112 Å². The number of fused-ring (bicyclic) bond motifs is 1. The van der Waals surface area contributed by atoms with Crippen molar-refractivity contribution in [3.8, 4) is 0 Å². The van der Waals surface area contributed by atoms with Crippen molar-refractivity contribution in [3.63, 3.8) is 0 Å². The lowest BCUT2D eigenvalue weighted by atomic mass is 10.1. The van der Waals surface area contributed by atoms with Gasteiger partial charge in [-0.1, -0.05) is 30.3 Å². The molecule has 1 heterocycles. The summed E-state index contributed by atoms with van der Waals surface area (Å²) in [6, 6.07) is 16.9. The van der Waals surface area contributed by atoms with Crippen LogP contribution in [0.1, 0.15) is 5.69 Å². The zero-order chi connectivity index (χ0) is 13.1. The number of aromatic nitrogens is 2. The first-order valence-electron chi connectivity index (χ1n) is 6.52. The summed E-state index contributed by atoms with van der Waals surface area (Å²) in [5, 5.41) is 10.4. The summed E-state index contributed by atoms with van der Waals surface area (Å²) in [6.07, 6.45) is 2.92. The van der Waals surface area contributed by atoms with Crippen molar-refractivity contribution in [1.82, 2.24) is 9.78 Å². The molecule has 0 aliphatic rings. The van der Waals surface area contributed by atoms with E-state index >= 15 is 0 Å². The molecule has 0 spiro atoms. The molecule has 0 bridgehead atoms. The molecule has 3 nitrogen and oxygen atoms in total. The fourth-order valence-electron chi connectivity index (χ4n) is 2.23. The number of rotatable bonds is 4. The average Bonchev–Trinajstić information content (AvgIpc) is 2.84. The third kappa shape index (κ3) is 2.76. The van der Waals surface area contributed by atoms with Crippen LogP contribution in [0.4, 0.5) is 5.69 Å². The standard InChI is InChI=1S/C16H17N3/c1-19-11-9-15(18-19)8-10-17-16-7-6-13-4-2-3-5-14(13)12-16/h2-7,9,11-12,17H,8,10H2,1H3. The predicted octanol–water partition coefficient (Wildman–Crippen LogP) is 3.23. The third-order valence-electron chi connectivity index (χ3n) is 3.23. The van der Waals surface area contributed by atoms with Gasteiger partial charge in [0.05, 0.1) is 5.69 Å². The minimum absolute atomic E-state index is 0.898. The molecule has 0 atom stereocenters. The van der Waals surface area contributed by atoms with E-state index in [1.54, 1.807) is 0 Å². The Hall–Kier alpha value is -2.29. The number of nitrogens with zero attached hydrogens (tertiary/aromatic N) is 2. The van der Waals surface area contributed by atoms with Gasteiger partial charge < -0.3 is 5.32 Å². The average molecular weight is 251 g/mol. The van der Waals surface area contributed by atoms with Gasteiger partial charge in [-0.2, -0.15) is 5.10 Å². The van der Waals surface area contributed by atoms with Crippen LogP contribution in [-0.2, 0) is 13.5 Å². The second-order valence-electron chi connectivity index (χ2n) is 4.72. The van der Waals surface area contributed by atoms with Crippen molar-refractivity contribution in [2.75, 3.05) is 11.9 Å². The highest BCUT2D eigenvalue weighted by atomic mass is 15.2. The molecule has 1 N–H and O–H groups in total. The summed E-state index contributed by atoms with van der Waals surface area (Å²) in [4.78, 5) is 0. The Bertz CT molecular complexity index is 685. The highest BCUT2D eigenvalue weighted by Gasteiger charge is 1.98. The summed E-state index contributed by atoms with van der Waals surface area (Å²) in [7, 11) is 1.94. The molecule has 3 aromatic rings. The van der Waals surface area contributed by atoms with Gasteiger partial charge in [-0.25, -0.2) is 0 Å². The van der Waals surface area contributed by atoms with E-state index < -0.39 is 0 Å². The van der Waals surface area contributed by atoms with E-state index in [1.807, 2.05) is 17.9 Å². The quantitative estimate of drug-likeness (QED) is 0.771. The van der Waals surface area contributed by atoms with Crippen LogP contribution >= 0.6 is 0 Å². The SMILES string of the molecule is Cn1ccc(CCNc2ccc3ccccc3c2)n1. The normalized spacial score (nSPS) is 10.8. The topological polar surface area (TPSA) is 29.9 Å². The molecule has 3 heteroatoms. The molecule has 2 aromatic carbocycles. The van der Waals surface area contributed by atoms with E-state index in [-0.39, 0.29) is 0 Å². The molecule has 96 valence electrons. The zero-order valence-electron chi connectivity index (χ0n) is 11.0. The second-order valence-corrected chi connectivity index (χ2v) is 4.72. The van der Waals surface area contributed by atoms with Crippen LogP contribution in [-0.4, -0.2) is 16.3 Å². The Balaban J connectivity index is 1.65. The van der Waals surface area contributed by atoms with Crippen molar-refractivity contribution >= 4 is 16.5 Å². The summed E-state index contributed by atoms with van der Waals surface area (Å²) in [5.41, 5.74) is 2.28. The first kappa shape index (κ1) is 11.8. The van der Waals surface area contributed by atoms with Gasteiger partial charge in [0, 0.05) is 31.9 Å². The fourth-order valence-corrected chi connectivity index (χ4v) is 2.23. The maximum atomic E-state index is 4.37. The van der Waals surface area contributed by atoms with Gasteiger partial charge in [-0.3, -0.25) is 4.68 Å². The number of nitrogens with one attached hydrogen (secondary N) is 1. The van der Waals surface area contributed by atoms with Crippen LogP contribution in [0.5, 0.6) is 0 Å². The summed E-state index contributed by atoms with van der Waals surface area (Å²) in [5.74, 6) is 0. The Morgan fingerprint density at radius 2 is 1.89 bits per heavy atom. The lowest BCUT2D eigenvalue weighted by molar-refractivity contribution is 0.742. The number of aryl methyl sites for hydroxylation is 1. The van der Waals surface area contributed by atoms with Gasteiger partial charge in [-0.15, -0.1) is 0 Å². The summed E-state index contributed by atoms with van der Waals surface area (Å²) in [6.45, 7) is 0.898. The first-order chi connectivity index (χ1) is 9.31. The maximum Gasteiger partial charge on any atom is 0.0642 e. The second kappa shape index (κ2) is 5.14. The minimum atomic E-state index is 0.898. The molecule has 0 fully saturated rings. The van der Waals surface area contributed by atoms with Crippen LogP contribution in [0.15, 0.2) is 54.7 Å². The van der Waals surface area contributed by atoms with Gasteiger partial charge in [0.2, 0.25) is 0 Å². The molecule has 0 aliphatic heterocycles. The van der Waals surface area contributed by atoms with E-state index in [2.05, 4.69) is 58.9 Å². The molecule has 0 aliphatic carbocycles. The van der Waals surface area contributed by atoms with Gasteiger partial charge in [0.15, 0.2) is 0 Å². The number of anilines is 1. The lowest BCUT2D eigenvalue weighted by Crippen LogP contribution is -2.05. The molecule has 0 saturated heterocycles. The van der Waals surface area contributed by atoms with E-state index in [0.29, 0.717) is 0 Å². The Morgan fingerprint density at radius 3 is 2.68 bits per heavy atom. The number of benzene rings is 2. The van der Waals surface area contributed by atoms with Crippen LogP contribution in [0.2, 0.25) is 0 Å². The van der Waals surface area contributed by atoms with Gasteiger partial charge in [0.25, 0.3) is 0 Å². The van der Waals surface area contributed by atoms with Crippen molar-refractivity contribution in [3.05, 3.63) is 60.4 Å². The van der Waals surface area contributed by atoms with Crippen LogP contribution in [0.3, 0.4) is 0 Å². The van der Waals surface area contributed by atoms with Crippen molar-refractivity contribution in [1.29, 1.82) is 0 Å². The molecule has 1 aromatic heterocycles. The smallest absolute Gasteiger partial charge is 0.0642 e. The minimum Gasteiger partial charge on any atom is -0.385 e. The van der Waals surface area contributed by atoms with Crippen molar-refractivity contribution in [2.24, 2.45) is 7.05 Å². The number of hydrogen-bond donors (Lipinski definition) is 1. The molecule has 3 rings (SSSR count). The number of hydrogen-bond acceptors (Lipinski definition) is 2. The fraction of sp³-hybridized carbons (Fsp3) is 0.188. The van der Waals surface area contributed by atoms with Crippen LogP contribution in [0.25, 0.3) is 10.8 Å². The van der Waals surface area contributed by atoms with Gasteiger partial charge in [0.1, 0.15) is 0 Å². The van der Waals surface area contributed by atoms with Crippen molar-refractivity contribution < 1.29 is 0 Å². The van der Waals surface area contributed by atoms with E-state index in [1.165, 1.54) is 10.8 Å². The molecule has 0 saturated carbocycles. The van der Waals surface area contributed by atoms with Gasteiger partial charge in [-0.05, 0) is 29.0 Å². The molecule has 0 radical (unpaired) electrons. The first-order valence-corrected chi connectivity index (χ1v) is 6.52. The van der Waals surface area contributed by atoms with Crippen molar-refractivity contribution in [2.45, 2.75) is 6.42 Å². The lowest BCUT2D eigenvalue weighted by Gasteiger charge is -2.06. The van der Waals surface area contributed by atoms with E-state index in [4.69, 9.17) is 0 Å². The summed E-state index contributed by atoms with van der Waals surface area (Å²) < 4.78 is 1.84. The Morgan fingerprint density at radius 1 is 1.05 bits per heavy atom. The zero-order valence-corrected chi connectivity index (χ0v) is 11.0. The third-order valence-corrected chi connectivity index (χ3v) is 3.23. The van der Waals surface area contributed by atoms with Crippen LogP contribution < -0.4 is 5.32 Å². The van der Waals surface area contributed by atoms with Crippen LogP contribution in [0, 0.1) is 0 Å². The maximum absolute atomic E-state index is 4.37. The highest BCUT2D eigenvalue weighted by Crippen LogP contribution is 2.18. The largest absolute Gasteiger partial charge is 0.385 e. The molecular formula is C16H17N3. The molecule has 0 amide bonds. The Kier molecular flexibility index (Phi) is 3.19. The molecule has 0 unspecified atom stereocenters. The predicted molar refractivity (Wildman–Crippen MR) is 79.3 cm³/mol. The molecule has 19 heavy (non-hydrogen) atoms. The van der Waals surface area contributed by atoms with E-state index in [0.717, 1.165) is 24.3 Å². The van der Waals surface area contributed by atoms with E-state index in [9.17, 15) is 0 Å².